The molecule has 0 fully saturated rings. The highest BCUT2D eigenvalue weighted by atomic mass is 32.2. The lowest BCUT2D eigenvalue weighted by atomic mass is 10.2. The normalized spacial score (nSPS) is 11.8. The Morgan fingerprint density at radius 2 is 2.07 bits per heavy atom. The fourth-order valence-electron chi connectivity index (χ4n) is 1.29. The Bertz CT molecular complexity index is 556. The number of nitrogens with one attached hydrogen (secondary N) is 1. The van der Waals surface area contributed by atoms with E-state index in [1.54, 1.807) is 24.4 Å². The van der Waals surface area contributed by atoms with Gasteiger partial charge in [0.1, 0.15) is 0 Å². The van der Waals surface area contributed by atoms with Gasteiger partial charge in [-0.1, -0.05) is 6.07 Å². The number of H-pyrrole nitrogens is 1. The summed E-state index contributed by atoms with van der Waals surface area (Å²) in [4.78, 5) is 2.97. The van der Waals surface area contributed by atoms with Crippen LogP contribution in [0.25, 0.3) is 10.9 Å². The number of hydrogen-bond acceptors (Lipinski definition) is 3. The third-order valence-electron chi connectivity index (χ3n) is 1.80. The molecular formula is C9H9NO3S. The van der Waals surface area contributed by atoms with Gasteiger partial charge in [-0.3, -0.25) is 0 Å². The van der Waals surface area contributed by atoms with Crippen LogP contribution in [0.2, 0.25) is 0 Å². The summed E-state index contributed by atoms with van der Waals surface area (Å²) in [7, 11) is -3.46. The van der Waals surface area contributed by atoms with Crippen molar-refractivity contribution in [3.8, 4) is 5.75 Å². The first kappa shape index (κ1) is 9.08. The second kappa shape index (κ2) is 3.02. The van der Waals surface area contributed by atoms with Crippen LogP contribution in [-0.2, 0) is 10.1 Å². The van der Waals surface area contributed by atoms with E-state index in [1.165, 1.54) is 0 Å². The molecule has 2 aromatic rings. The van der Waals surface area contributed by atoms with E-state index in [2.05, 4.69) is 4.98 Å². The number of fused-ring (bicyclic) bond motifs is 1. The van der Waals surface area contributed by atoms with Crippen LogP contribution in [0, 0.1) is 0 Å². The molecule has 1 aromatic heterocycles. The van der Waals surface area contributed by atoms with E-state index in [0.717, 1.165) is 17.2 Å². The fraction of sp³-hybridized carbons (Fsp3) is 0.111. The van der Waals surface area contributed by atoms with Crippen molar-refractivity contribution in [2.45, 2.75) is 0 Å². The van der Waals surface area contributed by atoms with E-state index in [4.69, 9.17) is 4.18 Å². The Morgan fingerprint density at radius 1 is 1.29 bits per heavy atom. The summed E-state index contributed by atoms with van der Waals surface area (Å²) in [6, 6.07) is 6.98. The molecule has 0 aliphatic carbocycles. The molecule has 1 aromatic carbocycles. The Balaban J connectivity index is 2.57. The molecule has 0 amide bonds. The van der Waals surface area contributed by atoms with Gasteiger partial charge in [-0.15, -0.1) is 0 Å². The molecule has 0 radical (unpaired) electrons. The minimum absolute atomic E-state index is 0.353. The van der Waals surface area contributed by atoms with Crippen LogP contribution >= 0.6 is 0 Å². The lowest BCUT2D eigenvalue weighted by molar-refractivity contribution is 0.496. The van der Waals surface area contributed by atoms with Crippen molar-refractivity contribution in [1.82, 2.24) is 4.98 Å². The largest absolute Gasteiger partial charge is 0.382 e. The highest BCUT2D eigenvalue weighted by Gasteiger charge is 2.08. The Labute approximate surface area is 81.6 Å². The van der Waals surface area contributed by atoms with Gasteiger partial charge >= 0.3 is 10.1 Å². The van der Waals surface area contributed by atoms with Crippen LogP contribution in [0.15, 0.2) is 30.5 Å². The van der Waals surface area contributed by atoms with Crippen LogP contribution in [0.1, 0.15) is 0 Å². The summed E-state index contributed by atoms with van der Waals surface area (Å²) < 4.78 is 26.7. The standard InChI is InChI=1S/C9H9NO3S/c1-14(11,12)13-9-4-2-3-8-7(9)5-6-10-8/h2-6,10H,1H3. The van der Waals surface area contributed by atoms with E-state index in [1.807, 2.05) is 6.07 Å². The lowest BCUT2D eigenvalue weighted by Gasteiger charge is -2.03. The van der Waals surface area contributed by atoms with Crippen LogP contribution in [0.3, 0.4) is 0 Å². The van der Waals surface area contributed by atoms with Gasteiger partial charge in [-0.05, 0) is 18.2 Å². The average Bonchev–Trinajstić information content (AvgIpc) is 2.49. The predicted octanol–water partition coefficient (Wildman–Crippen LogP) is 1.51. The molecule has 5 heteroatoms. The molecule has 0 saturated heterocycles. The maximum atomic E-state index is 10.9. The van der Waals surface area contributed by atoms with Gasteiger partial charge in [0.05, 0.1) is 6.26 Å². The van der Waals surface area contributed by atoms with E-state index in [0.29, 0.717) is 5.75 Å². The smallest absolute Gasteiger partial charge is 0.306 e. The zero-order valence-corrected chi connectivity index (χ0v) is 8.34. The van der Waals surface area contributed by atoms with Crippen LogP contribution in [0.5, 0.6) is 5.75 Å². The molecule has 1 heterocycles. The van der Waals surface area contributed by atoms with Crippen molar-refractivity contribution in [3.05, 3.63) is 30.5 Å². The second-order valence-corrected chi connectivity index (χ2v) is 4.56. The molecule has 0 spiro atoms. The maximum Gasteiger partial charge on any atom is 0.306 e. The summed E-state index contributed by atoms with van der Waals surface area (Å²) in [6.07, 6.45) is 2.76. The van der Waals surface area contributed by atoms with Crippen molar-refractivity contribution in [2.75, 3.05) is 6.26 Å². The molecule has 14 heavy (non-hydrogen) atoms. The van der Waals surface area contributed by atoms with Gasteiger partial charge in [0, 0.05) is 17.1 Å². The third kappa shape index (κ3) is 1.72. The summed E-state index contributed by atoms with van der Waals surface area (Å²) in [5, 5.41) is 0.762. The SMILES string of the molecule is CS(=O)(=O)Oc1cccc2[nH]ccc12. The number of rotatable bonds is 2. The topological polar surface area (TPSA) is 59.2 Å². The van der Waals surface area contributed by atoms with Gasteiger partial charge in [0.2, 0.25) is 0 Å². The van der Waals surface area contributed by atoms with Crippen molar-refractivity contribution in [3.63, 3.8) is 0 Å². The second-order valence-electron chi connectivity index (χ2n) is 2.98. The van der Waals surface area contributed by atoms with Gasteiger partial charge in [-0.25, -0.2) is 0 Å². The first-order chi connectivity index (χ1) is 6.56. The number of hydrogen-bond donors (Lipinski definition) is 1. The molecule has 0 bridgehead atoms. The monoisotopic (exact) mass is 211 g/mol. The van der Waals surface area contributed by atoms with Crippen molar-refractivity contribution >= 4 is 21.0 Å². The van der Waals surface area contributed by atoms with Crippen molar-refractivity contribution in [1.29, 1.82) is 0 Å². The minimum Gasteiger partial charge on any atom is -0.382 e. The van der Waals surface area contributed by atoms with Crippen LogP contribution in [-0.4, -0.2) is 19.7 Å². The Kier molecular flexibility index (Phi) is 1.96. The summed E-state index contributed by atoms with van der Waals surface area (Å²) >= 11 is 0. The molecule has 0 saturated carbocycles. The molecule has 2 rings (SSSR count). The van der Waals surface area contributed by atoms with Crippen molar-refractivity contribution in [2.24, 2.45) is 0 Å². The zero-order chi connectivity index (χ0) is 10.2. The van der Waals surface area contributed by atoms with Gasteiger partial charge in [0.15, 0.2) is 5.75 Å². The summed E-state index contributed by atoms with van der Waals surface area (Å²) in [6.45, 7) is 0. The average molecular weight is 211 g/mol. The lowest BCUT2D eigenvalue weighted by Crippen LogP contribution is -2.05. The molecule has 1 N–H and O–H groups in total. The molecular weight excluding hydrogens is 202 g/mol. The van der Waals surface area contributed by atoms with Crippen molar-refractivity contribution < 1.29 is 12.6 Å². The maximum absolute atomic E-state index is 10.9. The zero-order valence-electron chi connectivity index (χ0n) is 7.52. The summed E-state index contributed by atoms with van der Waals surface area (Å²) in [5.74, 6) is 0.353. The summed E-state index contributed by atoms with van der Waals surface area (Å²) in [5.41, 5.74) is 0.853. The van der Waals surface area contributed by atoms with E-state index >= 15 is 0 Å². The quantitative estimate of drug-likeness (QED) is 0.766. The predicted molar refractivity (Wildman–Crippen MR) is 53.8 cm³/mol. The molecule has 0 unspecified atom stereocenters. The van der Waals surface area contributed by atoms with E-state index in [9.17, 15) is 8.42 Å². The molecule has 4 nitrogen and oxygen atoms in total. The highest BCUT2D eigenvalue weighted by molar-refractivity contribution is 7.86. The number of aromatic amines is 1. The van der Waals surface area contributed by atoms with E-state index in [-0.39, 0.29) is 0 Å². The van der Waals surface area contributed by atoms with Gasteiger partial charge < -0.3 is 9.17 Å². The Morgan fingerprint density at radius 3 is 2.79 bits per heavy atom. The van der Waals surface area contributed by atoms with Gasteiger partial charge in [0.25, 0.3) is 0 Å². The van der Waals surface area contributed by atoms with E-state index < -0.39 is 10.1 Å². The fourth-order valence-corrected chi connectivity index (χ4v) is 1.76. The molecule has 0 aliphatic rings. The van der Waals surface area contributed by atoms with Gasteiger partial charge in [-0.2, -0.15) is 8.42 Å². The highest BCUT2D eigenvalue weighted by Crippen LogP contribution is 2.25. The minimum atomic E-state index is -3.46. The number of benzene rings is 1. The number of aromatic nitrogens is 1. The van der Waals surface area contributed by atoms with Crippen LogP contribution < -0.4 is 4.18 Å². The first-order valence-electron chi connectivity index (χ1n) is 4.02. The Hall–Kier alpha value is -1.49. The molecule has 0 aliphatic heterocycles. The molecule has 0 atom stereocenters. The third-order valence-corrected chi connectivity index (χ3v) is 2.28. The molecule has 74 valence electrons. The van der Waals surface area contributed by atoms with Crippen LogP contribution in [0.4, 0.5) is 0 Å². The first-order valence-corrected chi connectivity index (χ1v) is 5.83.